The van der Waals surface area contributed by atoms with Crippen LogP contribution in [0.5, 0.6) is 5.75 Å². The van der Waals surface area contributed by atoms with Gasteiger partial charge in [0.05, 0.1) is 5.75 Å². The number of ether oxygens (including phenoxy) is 1. The summed E-state index contributed by atoms with van der Waals surface area (Å²) < 4.78 is 7.83. The lowest BCUT2D eigenvalue weighted by atomic mass is 10.1. The second-order valence-electron chi connectivity index (χ2n) is 7.49. The lowest BCUT2D eigenvalue weighted by Crippen LogP contribution is -2.15. The molecule has 0 spiro atoms. The highest BCUT2D eigenvalue weighted by Crippen LogP contribution is 2.22. The molecule has 1 heterocycles. The smallest absolute Gasteiger partial charge is 0.234 e. The van der Waals surface area contributed by atoms with E-state index in [0.717, 1.165) is 22.6 Å². The minimum atomic E-state index is -0.0852. The van der Waals surface area contributed by atoms with E-state index in [2.05, 4.69) is 35.9 Å². The molecule has 3 rings (SSSR count). The van der Waals surface area contributed by atoms with E-state index < -0.39 is 0 Å². The molecule has 1 amide bonds. The van der Waals surface area contributed by atoms with E-state index in [4.69, 9.17) is 4.74 Å². The number of nitrogens with one attached hydrogen (secondary N) is 1. The molecule has 0 aliphatic rings. The van der Waals surface area contributed by atoms with Crippen molar-refractivity contribution < 1.29 is 9.53 Å². The van der Waals surface area contributed by atoms with Crippen molar-refractivity contribution in [1.82, 2.24) is 14.8 Å². The van der Waals surface area contributed by atoms with Crippen LogP contribution in [0.15, 0.2) is 54.2 Å². The summed E-state index contributed by atoms with van der Waals surface area (Å²) in [7, 11) is 0. The third-order valence-electron chi connectivity index (χ3n) is 4.94. The highest BCUT2D eigenvalue weighted by atomic mass is 32.2. The van der Waals surface area contributed by atoms with Gasteiger partial charge >= 0.3 is 0 Å². The first kappa shape index (κ1) is 22.6. The molecule has 0 atom stereocenters. The van der Waals surface area contributed by atoms with Crippen molar-refractivity contribution in [3.8, 4) is 5.75 Å². The molecule has 7 heteroatoms. The molecular formula is C24H28N4O2S. The fourth-order valence-electron chi connectivity index (χ4n) is 3.07. The van der Waals surface area contributed by atoms with E-state index in [1.807, 2.05) is 54.8 Å². The summed E-state index contributed by atoms with van der Waals surface area (Å²) in [5, 5.41) is 12.1. The maximum atomic E-state index is 12.4. The molecule has 0 saturated heterocycles. The number of allylic oxidation sites excluding steroid dienone is 1. The van der Waals surface area contributed by atoms with Crippen LogP contribution in [0.1, 0.15) is 28.1 Å². The van der Waals surface area contributed by atoms with Gasteiger partial charge in [-0.15, -0.1) is 16.8 Å². The van der Waals surface area contributed by atoms with Gasteiger partial charge in [-0.2, -0.15) is 0 Å². The topological polar surface area (TPSA) is 69.0 Å². The predicted octanol–water partition coefficient (Wildman–Crippen LogP) is 5.01. The molecule has 0 unspecified atom stereocenters. The van der Waals surface area contributed by atoms with Gasteiger partial charge in [0.2, 0.25) is 5.91 Å². The summed E-state index contributed by atoms with van der Waals surface area (Å²) in [4.78, 5) is 12.4. The molecule has 0 bridgehead atoms. The maximum Gasteiger partial charge on any atom is 0.234 e. The largest absolute Gasteiger partial charge is 0.486 e. The number of aryl methyl sites for hydroxylation is 4. The Bertz CT molecular complexity index is 1090. The second kappa shape index (κ2) is 10.3. The van der Waals surface area contributed by atoms with Crippen molar-refractivity contribution in [1.29, 1.82) is 0 Å². The average Bonchev–Trinajstić information content (AvgIpc) is 3.11. The summed E-state index contributed by atoms with van der Waals surface area (Å²) in [5.41, 5.74) is 5.43. The van der Waals surface area contributed by atoms with Gasteiger partial charge in [-0.05, 0) is 62.6 Å². The highest BCUT2D eigenvalue weighted by molar-refractivity contribution is 7.99. The van der Waals surface area contributed by atoms with E-state index >= 15 is 0 Å². The van der Waals surface area contributed by atoms with Crippen LogP contribution in [0.3, 0.4) is 0 Å². The van der Waals surface area contributed by atoms with Crippen molar-refractivity contribution in [2.24, 2.45) is 0 Å². The molecule has 162 valence electrons. The summed E-state index contributed by atoms with van der Waals surface area (Å²) in [6, 6.07) is 12.0. The molecule has 31 heavy (non-hydrogen) atoms. The standard InChI is InChI=1S/C24H28N4O2S/c1-6-11-28-22(14-30-20-9-8-17(3)18(4)13-20)26-27-24(28)31-15-23(29)25-21-10-7-16(2)12-19(21)5/h6-10,12-13H,1,11,14-15H2,2-5H3,(H,25,29). The number of benzene rings is 2. The first-order chi connectivity index (χ1) is 14.9. The van der Waals surface area contributed by atoms with Crippen LogP contribution in [0.25, 0.3) is 0 Å². The Morgan fingerprint density at radius 1 is 1.10 bits per heavy atom. The van der Waals surface area contributed by atoms with Gasteiger partial charge in [0, 0.05) is 12.2 Å². The normalized spacial score (nSPS) is 10.7. The Hall–Kier alpha value is -3.06. The van der Waals surface area contributed by atoms with Crippen molar-refractivity contribution in [2.75, 3.05) is 11.1 Å². The van der Waals surface area contributed by atoms with Crippen LogP contribution < -0.4 is 10.1 Å². The number of rotatable bonds is 9. The van der Waals surface area contributed by atoms with Crippen molar-refractivity contribution in [3.63, 3.8) is 0 Å². The molecule has 1 N–H and O–H groups in total. The first-order valence-corrected chi connectivity index (χ1v) is 11.1. The summed E-state index contributed by atoms with van der Waals surface area (Å²) in [5.74, 6) is 1.63. The molecule has 2 aromatic carbocycles. The fraction of sp³-hybridized carbons (Fsp3) is 0.292. The van der Waals surface area contributed by atoms with Gasteiger partial charge in [-0.3, -0.25) is 9.36 Å². The Labute approximate surface area is 187 Å². The molecule has 1 aromatic heterocycles. The number of hydrogen-bond donors (Lipinski definition) is 1. The van der Waals surface area contributed by atoms with Gasteiger partial charge in [-0.25, -0.2) is 0 Å². The number of hydrogen-bond acceptors (Lipinski definition) is 5. The monoisotopic (exact) mass is 436 g/mol. The van der Waals surface area contributed by atoms with E-state index in [1.165, 1.54) is 22.9 Å². The Balaban J connectivity index is 1.63. The van der Waals surface area contributed by atoms with Crippen molar-refractivity contribution in [2.45, 2.75) is 46.0 Å². The van der Waals surface area contributed by atoms with E-state index in [0.29, 0.717) is 24.1 Å². The quantitative estimate of drug-likeness (QED) is 0.377. The van der Waals surface area contributed by atoms with Crippen LogP contribution >= 0.6 is 11.8 Å². The summed E-state index contributed by atoms with van der Waals surface area (Å²) >= 11 is 1.34. The third kappa shape index (κ3) is 5.98. The number of nitrogens with zero attached hydrogens (tertiary/aromatic N) is 3. The van der Waals surface area contributed by atoms with E-state index in [1.54, 1.807) is 6.08 Å². The Morgan fingerprint density at radius 2 is 1.90 bits per heavy atom. The summed E-state index contributed by atoms with van der Waals surface area (Å²) in [6.07, 6.45) is 1.78. The number of carbonyl (C=O) groups excluding carboxylic acids is 1. The van der Waals surface area contributed by atoms with Gasteiger partial charge in [0.1, 0.15) is 12.4 Å². The van der Waals surface area contributed by atoms with Crippen molar-refractivity contribution >= 4 is 23.4 Å². The SMILES string of the molecule is C=CCn1c(COc2ccc(C)c(C)c2)nnc1SCC(=O)Nc1ccc(C)cc1C. The van der Waals surface area contributed by atoms with Crippen LogP contribution in [-0.4, -0.2) is 26.4 Å². The Morgan fingerprint density at radius 3 is 2.61 bits per heavy atom. The van der Waals surface area contributed by atoms with Gasteiger partial charge in [0.15, 0.2) is 11.0 Å². The average molecular weight is 437 g/mol. The van der Waals surface area contributed by atoms with Gasteiger partial charge < -0.3 is 10.1 Å². The zero-order valence-corrected chi connectivity index (χ0v) is 19.3. The fourth-order valence-corrected chi connectivity index (χ4v) is 3.83. The Kier molecular flexibility index (Phi) is 7.52. The lowest BCUT2D eigenvalue weighted by molar-refractivity contribution is -0.113. The zero-order valence-electron chi connectivity index (χ0n) is 18.4. The minimum absolute atomic E-state index is 0.0852. The van der Waals surface area contributed by atoms with Crippen LogP contribution in [0.2, 0.25) is 0 Å². The maximum absolute atomic E-state index is 12.4. The number of thioether (sulfide) groups is 1. The highest BCUT2D eigenvalue weighted by Gasteiger charge is 2.15. The van der Waals surface area contributed by atoms with Gasteiger partial charge in [-0.1, -0.05) is 41.6 Å². The van der Waals surface area contributed by atoms with Crippen molar-refractivity contribution in [3.05, 3.63) is 77.1 Å². The number of carbonyl (C=O) groups is 1. The molecule has 0 fully saturated rings. The first-order valence-electron chi connectivity index (χ1n) is 10.1. The van der Waals surface area contributed by atoms with Crippen LogP contribution in [-0.2, 0) is 17.9 Å². The van der Waals surface area contributed by atoms with Gasteiger partial charge in [0.25, 0.3) is 0 Å². The molecular weight excluding hydrogens is 408 g/mol. The van der Waals surface area contributed by atoms with Crippen LogP contribution in [0.4, 0.5) is 5.69 Å². The minimum Gasteiger partial charge on any atom is -0.486 e. The van der Waals surface area contributed by atoms with E-state index in [9.17, 15) is 4.79 Å². The summed E-state index contributed by atoms with van der Waals surface area (Å²) in [6.45, 7) is 12.8. The molecule has 0 aliphatic carbocycles. The predicted molar refractivity (Wildman–Crippen MR) is 126 cm³/mol. The number of anilines is 1. The molecule has 3 aromatic rings. The molecule has 6 nitrogen and oxygen atoms in total. The lowest BCUT2D eigenvalue weighted by Gasteiger charge is -2.11. The second-order valence-corrected chi connectivity index (χ2v) is 8.43. The van der Waals surface area contributed by atoms with E-state index in [-0.39, 0.29) is 11.7 Å². The number of amides is 1. The molecule has 0 radical (unpaired) electrons. The third-order valence-corrected chi connectivity index (χ3v) is 5.91. The number of aromatic nitrogens is 3. The zero-order chi connectivity index (χ0) is 22.4. The molecule has 0 aliphatic heterocycles. The molecule has 0 saturated carbocycles. The van der Waals surface area contributed by atoms with Crippen LogP contribution in [0, 0.1) is 27.7 Å².